The minimum Gasteiger partial charge on any atom is -0.339 e. The van der Waals surface area contributed by atoms with Gasteiger partial charge < -0.3 is 10.2 Å². The van der Waals surface area contributed by atoms with E-state index in [9.17, 15) is 18.0 Å². The molecule has 0 atom stereocenters. The number of carbonyl (C=O) groups excluding carboxylic acids is 2. The van der Waals surface area contributed by atoms with Crippen molar-refractivity contribution in [1.29, 1.82) is 0 Å². The predicted molar refractivity (Wildman–Crippen MR) is 123 cm³/mol. The molecule has 0 fully saturated rings. The van der Waals surface area contributed by atoms with Crippen molar-refractivity contribution in [3.63, 3.8) is 0 Å². The number of nitrogens with zero attached hydrogens (tertiary/aromatic N) is 2. The zero-order chi connectivity index (χ0) is 23.2. The van der Waals surface area contributed by atoms with Crippen LogP contribution in [-0.4, -0.2) is 55.6 Å². The van der Waals surface area contributed by atoms with E-state index < -0.39 is 22.5 Å². The molecule has 0 spiro atoms. The summed E-state index contributed by atoms with van der Waals surface area (Å²) in [5.41, 5.74) is 0.625. The first-order chi connectivity index (χ1) is 14.6. The van der Waals surface area contributed by atoms with Gasteiger partial charge in [0.2, 0.25) is 15.9 Å². The maximum absolute atomic E-state index is 13.0. The molecule has 0 radical (unpaired) electrons. The molecule has 0 saturated heterocycles. The van der Waals surface area contributed by atoms with Crippen molar-refractivity contribution in [2.24, 2.45) is 0 Å². The fourth-order valence-corrected chi connectivity index (χ4v) is 4.83. The van der Waals surface area contributed by atoms with Crippen LogP contribution in [0.25, 0.3) is 0 Å². The van der Waals surface area contributed by atoms with Crippen molar-refractivity contribution in [3.8, 4) is 0 Å². The Balaban J connectivity index is 2.18. The molecule has 10 heteroatoms. The molecule has 0 heterocycles. The van der Waals surface area contributed by atoms with Crippen LogP contribution in [-0.2, 0) is 14.8 Å². The standard InChI is InChI=1S/C21H25Cl2N3O4S/c1-4-25(5-2)21(28)15-10-12-16(13-11-15)31(29,30)26(6-3)14-19(27)24-20-17(22)8-7-9-18(20)23/h7-13H,4-6,14H2,1-3H3,(H,24,27). The maximum Gasteiger partial charge on any atom is 0.253 e. The van der Waals surface area contributed by atoms with Crippen LogP contribution >= 0.6 is 23.2 Å². The number of rotatable bonds is 9. The predicted octanol–water partition coefficient (Wildman–Crippen LogP) is 4.12. The van der Waals surface area contributed by atoms with Crippen LogP contribution in [0.5, 0.6) is 0 Å². The van der Waals surface area contributed by atoms with Gasteiger partial charge in [-0.1, -0.05) is 36.2 Å². The number of sulfonamides is 1. The van der Waals surface area contributed by atoms with Crippen molar-refractivity contribution >= 4 is 50.7 Å². The second kappa shape index (κ2) is 10.9. The Morgan fingerprint density at radius 2 is 1.45 bits per heavy atom. The van der Waals surface area contributed by atoms with E-state index >= 15 is 0 Å². The Labute approximate surface area is 193 Å². The van der Waals surface area contributed by atoms with Gasteiger partial charge in [-0.2, -0.15) is 4.31 Å². The summed E-state index contributed by atoms with van der Waals surface area (Å²) in [6, 6.07) is 10.5. The van der Waals surface area contributed by atoms with E-state index in [-0.39, 0.29) is 33.1 Å². The lowest BCUT2D eigenvalue weighted by molar-refractivity contribution is -0.116. The lowest BCUT2D eigenvalue weighted by Crippen LogP contribution is -2.38. The molecular weight excluding hydrogens is 461 g/mol. The van der Waals surface area contributed by atoms with Gasteiger partial charge in [-0.25, -0.2) is 8.42 Å². The summed E-state index contributed by atoms with van der Waals surface area (Å²) in [7, 11) is -3.95. The van der Waals surface area contributed by atoms with Crippen LogP contribution in [0, 0.1) is 0 Å². The largest absolute Gasteiger partial charge is 0.339 e. The zero-order valence-corrected chi connectivity index (χ0v) is 19.9. The normalized spacial score (nSPS) is 11.4. The van der Waals surface area contributed by atoms with Gasteiger partial charge in [0.05, 0.1) is 27.2 Å². The van der Waals surface area contributed by atoms with Gasteiger partial charge in [0, 0.05) is 25.2 Å². The van der Waals surface area contributed by atoms with Gasteiger partial charge in [-0.05, 0) is 50.2 Å². The number of halogens is 2. The Morgan fingerprint density at radius 1 is 0.903 bits per heavy atom. The van der Waals surface area contributed by atoms with E-state index in [1.807, 2.05) is 13.8 Å². The number of amides is 2. The molecule has 2 amide bonds. The van der Waals surface area contributed by atoms with E-state index in [0.29, 0.717) is 18.7 Å². The van der Waals surface area contributed by atoms with Gasteiger partial charge >= 0.3 is 0 Å². The quantitative estimate of drug-likeness (QED) is 0.578. The summed E-state index contributed by atoms with van der Waals surface area (Å²) >= 11 is 12.1. The van der Waals surface area contributed by atoms with Crippen LogP contribution in [0.15, 0.2) is 47.4 Å². The highest BCUT2D eigenvalue weighted by Gasteiger charge is 2.26. The lowest BCUT2D eigenvalue weighted by atomic mass is 10.2. The highest BCUT2D eigenvalue weighted by Crippen LogP contribution is 2.29. The average molecular weight is 486 g/mol. The first-order valence-electron chi connectivity index (χ1n) is 9.79. The lowest BCUT2D eigenvalue weighted by Gasteiger charge is -2.21. The van der Waals surface area contributed by atoms with Crippen molar-refractivity contribution in [1.82, 2.24) is 9.21 Å². The van der Waals surface area contributed by atoms with Crippen LogP contribution in [0.2, 0.25) is 10.0 Å². The van der Waals surface area contributed by atoms with E-state index in [4.69, 9.17) is 23.2 Å². The van der Waals surface area contributed by atoms with Gasteiger partial charge in [-0.15, -0.1) is 0 Å². The molecule has 168 valence electrons. The van der Waals surface area contributed by atoms with Crippen molar-refractivity contribution in [2.45, 2.75) is 25.7 Å². The molecule has 1 N–H and O–H groups in total. The fourth-order valence-electron chi connectivity index (χ4n) is 2.94. The summed E-state index contributed by atoms with van der Waals surface area (Å²) in [5.74, 6) is -0.744. The Morgan fingerprint density at radius 3 is 1.94 bits per heavy atom. The zero-order valence-electron chi connectivity index (χ0n) is 17.6. The number of para-hydroxylation sites is 1. The Bertz CT molecular complexity index is 1020. The molecule has 2 aromatic carbocycles. The molecule has 0 aromatic heterocycles. The number of anilines is 1. The molecule has 0 saturated carbocycles. The molecule has 2 aromatic rings. The molecule has 0 aliphatic heterocycles. The van der Waals surface area contributed by atoms with Gasteiger partial charge in [0.1, 0.15) is 0 Å². The fraction of sp³-hybridized carbons (Fsp3) is 0.333. The van der Waals surface area contributed by atoms with Crippen molar-refractivity contribution in [3.05, 3.63) is 58.1 Å². The Hall–Kier alpha value is -2.13. The molecule has 0 bridgehead atoms. The summed E-state index contributed by atoms with van der Waals surface area (Å²) in [6.45, 7) is 6.16. The van der Waals surface area contributed by atoms with Crippen molar-refractivity contribution < 1.29 is 18.0 Å². The van der Waals surface area contributed by atoms with Crippen molar-refractivity contribution in [2.75, 3.05) is 31.5 Å². The minimum absolute atomic E-state index is 0.00553. The van der Waals surface area contributed by atoms with Gasteiger partial charge in [0.25, 0.3) is 5.91 Å². The smallest absolute Gasteiger partial charge is 0.253 e. The van der Waals surface area contributed by atoms with Crippen LogP contribution in [0.3, 0.4) is 0 Å². The molecule has 7 nitrogen and oxygen atoms in total. The Kier molecular flexibility index (Phi) is 8.88. The summed E-state index contributed by atoms with van der Waals surface area (Å²) in [4.78, 5) is 26.5. The van der Waals surface area contributed by atoms with Gasteiger partial charge in [-0.3, -0.25) is 9.59 Å². The summed E-state index contributed by atoms with van der Waals surface area (Å²) in [5, 5.41) is 3.06. The van der Waals surface area contributed by atoms with E-state index in [1.54, 1.807) is 30.0 Å². The van der Waals surface area contributed by atoms with Gasteiger partial charge in [0.15, 0.2) is 0 Å². The topological polar surface area (TPSA) is 86.8 Å². The van der Waals surface area contributed by atoms with E-state index in [0.717, 1.165) is 4.31 Å². The third-order valence-electron chi connectivity index (χ3n) is 4.69. The number of nitrogens with one attached hydrogen (secondary N) is 1. The second-order valence-corrected chi connectivity index (χ2v) is 9.33. The molecule has 0 aliphatic carbocycles. The number of hydrogen-bond acceptors (Lipinski definition) is 4. The molecule has 0 unspecified atom stereocenters. The summed E-state index contributed by atoms with van der Waals surface area (Å²) in [6.07, 6.45) is 0. The monoisotopic (exact) mass is 485 g/mol. The summed E-state index contributed by atoms with van der Waals surface area (Å²) < 4.78 is 27.1. The van der Waals surface area contributed by atoms with Crippen LogP contribution in [0.1, 0.15) is 31.1 Å². The first kappa shape index (κ1) is 25.1. The van der Waals surface area contributed by atoms with E-state index in [2.05, 4.69) is 5.32 Å². The SMILES string of the molecule is CCN(CC)C(=O)c1ccc(S(=O)(=O)N(CC)CC(=O)Nc2c(Cl)cccc2Cl)cc1. The second-order valence-electron chi connectivity index (χ2n) is 6.58. The molecule has 31 heavy (non-hydrogen) atoms. The minimum atomic E-state index is -3.95. The number of benzene rings is 2. The number of carbonyl (C=O) groups is 2. The van der Waals surface area contributed by atoms with E-state index in [1.165, 1.54) is 24.3 Å². The molecule has 2 rings (SSSR count). The average Bonchev–Trinajstić information content (AvgIpc) is 2.75. The number of hydrogen-bond donors (Lipinski definition) is 1. The number of likely N-dealkylation sites (N-methyl/N-ethyl adjacent to an activating group) is 1. The van der Waals surface area contributed by atoms with Crippen LogP contribution < -0.4 is 5.32 Å². The highest BCUT2D eigenvalue weighted by molar-refractivity contribution is 7.89. The third kappa shape index (κ3) is 5.98. The maximum atomic E-state index is 13.0. The highest BCUT2D eigenvalue weighted by atomic mass is 35.5. The first-order valence-corrected chi connectivity index (χ1v) is 12.0. The molecular formula is C21H25Cl2N3O4S. The molecule has 0 aliphatic rings. The third-order valence-corrected chi connectivity index (χ3v) is 7.25. The van der Waals surface area contributed by atoms with Crippen LogP contribution in [0.4, 0.5) is 5.69 Å².